The summed E-state index contributed by atoms with van der Waals surface area (Å²) >= 11 is 0. The SMILES string of the molecule is CCC(c1cccc(NC(=O)Cc2cccnc2)c1)c1ccccc1OCc1ccccc1. The van der Waals surface area contributed by atoms with E-state index in [0.717, 1.165) is 40.1 Å². The Labute approximate surface area is 195 Å². The fraction of sp³-hybridized carbons (Fsp3) is 0.172. The van der Waals surface area contributed by atoms with Crippen molar-refractivity contribution in [3.63, 3.8) is 0 Å². The predicted molar refractivity (Wildman–Crippen MR) is 132 cm³/mol. The molecule has 1 aromatic heterocycles. The summed E-state index contributed by atoms with van der Waals surface area (Å²) in [6.45, 7) is 2.70. The van der Waals surface area contributed by atoms with E-state index in [2.05, 4.69) is 47.6 Å². The van der Waals surface area contributed by atoms with Gasteiger partial charge in [0.05, 0.1) is 6.42 Å². The van der Waals surface area contributed by atoms with Crippen molar-refractivity contribution in [2.75, 3.05) is 5.32 Å². The molecule has 1 heterocycles. The van der Waals surface area contributed by atoms with E-state index in [9.17, 15) is 4.79 Å². The van der Waals surface area contributed by atoms with Crippen molar-refractivity contribution in [1.29, 1.82) is 0 Å². The number of ether oxygens (including phenoxy) is 1. The van der Waals surface area contributed by atoms with E-state index in [4.69, 9.17) is 4.74 Å². The highest BCUT2D eigenvalue weighted by Gasteiger charge is 2.17. The second-order valence-electron chi connectivity index (χ2n) is 7.98. The molecular formula is C29H28N2O2. The lowest BCUT2D eigenvalue weighted by Crippen LogP contribution is -2.14. The number of carbonyl (C=O) groups is 1. The predicted octanol–water partition coefficient (Wildman–Crippen LogP) is 6.38. The summed E-state index contributed by atoms with van der Waals surface area (Å²) in [5.74, 6) is 0.992. The molecule has 0 spiro atoms. The Bertz CT molecular complexity index is 1180. The molecule has 33 heavy (non-hydrogen) atoms. The summed E-state index contributed by atoms with van der Waals surface area (Å²) in [5.41, 5.74) is 5.12. The molecule has 1 N–H and O–H groups in total. The van der Waals surface area contributed by atoms with Crippen molar-refractivity contribution in [3.8, 4) is 5.75 Å². The number of amides is 1. The number of anilines is 1. The van der Waals surface area contributed by atoms with Gasteiger partial charge in [-0.1, -0.05) is 73.7 Å². The lowest BCUT2D eigenvalue weighted by Gasteiger charge is -2.21. The van der Waals surface area contributed by atoms with E-state index >= 15 is 0 Å². The molecule has 0 radical (unpaired) electrons. The van der Waals surface area contributed by atoms with Crippen molar-refractivity contribution in [2.24, 2.45) is 0 Å². The minimum Gasteiger partial charge on any atom is -0.489 e. The van der Waals surface area contributed by atoms with Gasteiger partial charge < -0.3 is 10.1 Å². The maximum atomic E-state index is 12.5. The average molecular weight is 437 g/mol. The Morgan fingerprint density at radius 2 is 1.70 bits per heavy atom. The Balaban J connectivity index is 1.50. The molecule has 0 saturated carbocycles. The van der Waals surface area contributed by atoms with E-state index in [1.165, 1.54) is 0 Å². The van der Waals surface area contributed by atoms with Gasteiger partial charge in [0, 0.05) is 29.6 Å². The van der Waals surface area contributed by atoms with Gasteiger partial charge in [-0.2, -0.15) is 0 Å². The number of nitrogens with one attached hydrogen (secondary N) is 1. The number of hydrogen-bond donors (Lipinski definition) is 1. The number of rotatable bonds is 9. The van der Waals surface area contributed by atoms with Crippen LogP contribution >= 0.6 is 0 Å². The highest BCUT2D eigenvalue weighted by Crippen LogP contribution is 2.35. The van der Waals surface area contributed by atoms with Gasteiger partial charge in [0.1, 0.15) is 12.4 Å². The summed E-state index contributed by atoms with van der Waals surface area (Å²) in [7, 11) is 0. The molecule has 4 aromatic rings. The molecule has 4 rings (SSSR count). The number of benzene rings is 3. The van der Waals surface area contributed by atoms with Crippen LogP contribution in [-0.4, -0.2) is 10.9 Å². The Hall–Kier alpha value is -3.92. The summed E-state index contributed by atoms with van der Waals surface area (Å²) < 4.78 is 6.21. The number of para-hydroxylation sites is 1. The smallest absolute Gasteiger partial charge is 0.228 e. The maximum absolute atomic E-state index is 12.5. The monoisotopic (exact) mass is 436 g/mol. The zero-order chi connectivity index (χ0) is 22.9. The average Bonchev–Trinajstić information content (AvgIpc) is 2.85. The molecule has 0 aliphatic rings. The third-order valence-corrected chi connectivity index (χ3v) is 5.60. The van der Waals surface area contributed by atoms with Crippen LogP contribution in [0, 0.1) is 0 Å². The first-order chi connectivity index (χ1) is 16.2. The topological polar surface area (TPSA) is 51.2 Å². The molecule has 0 aliphatic heterocycles. The third-order valence-electron chi connectivity index (χ3n) is 5.60. The number of pyridine rings is 1. The van der Waals surface area contributed by atoms with Gasteiger partial charge in [-0.05, 0) is 47.4 Å². The van der Waals surface area contributed by atoms with Gasteiger partial charge in [-0.15, -0.1) is 0 Å². The van der Waals surface area contributed by atoms with Crippen LogP contribution in [0.5, 0.6) is 5.75 Å². The van der Waals surface area contributed by atoms with Crippen LogP contribution in [-0.2, 0) is 17.8 Å². The van der Waals surface area contributed by atoms with Gasteiger partial charge in [0.25, 0.3) is 0 Å². The van der Waals surface area contributed by atoms with Gasteiger partial charge >= 0.3 is 0 Å². The van der Waals surface area contributed by atoms with Crippen LogP contribution < -0.4 is 10.1 Å². The zero-order valence-corrected chi connectivity index (χ0v) is 18.8. The molecule has 0 bridgehead atoms. The summed E-state index contributed by atoms with van der Waals surface area (Å²) in [4.78, 5) is 16.6. The van der Waals surface area contributed by atoms with E-state index < -0.39 is 0 Å². The molecule has 1 unspecified atom stereocenters. The molecule has 166 valence electrons. The maximum Gasteiger partial charge on any atom is 0.228 e. The zero-order valence-electron chi connectivity index (χ0n) is 18.8. The first kappa shape index (κ1) is 22.3. The third kappa shape index (κ3) is 6.07. The molecule has 4 heteroatoms. The van der Waals surface area contributed by atoms with E-state index in [0.29, 0.717) is 13.0 Å². The lowest BCUT2D eigenvalue weighted by atomic mass is 9.88. The highest BCUT2D eigenvalue weighted by atomic mass is 16.5. The Morgan fingerprint density at radius 1 is 0.909 bits per heavy atom. The Kier molecular flexibility index (Phi) is 7.49. The molecule has 4 nitrogen and oxygen atoms in total. The van der Waals surface area contributed by atoms with Crippen LogP contribution in [0.3, 0.4) is 0 Å². The van der Waals surface area contributed by atoms with Crippen molar-refractivity contribution in [2.45, 2.75) is 32.3 Å². The van der Waals surface area contributed by atoms with E-state index in [1.807, 2.05) is 60.7 Å². The first-order valence-corrected chi connectivity index (χ1v) is 11.3. The fourth-order valence-electron chi connectivity index (χ4n) is 4.00. The minimum atomic E-state index is -0.0557. The summed E-state index contributed by atoms with van der Waals surface area (Å²) in [6.07, 6.45) is 4.64. The highest BCUT2D eigenvalue weighted by molar-refractivity contribution is 5.92. The minimum absolute atomic E-state index is 0.0557. The number of aromatic nitrogens is 1. The van der Waals surface area contributed by atoms with Crippen molar-refractivity contribution >= 4 is 11.6 Å². The van der Waals surface area contributed by atoms with Crippen LogP contribution in [0.25, 0.3) is 0 Å². The summed E-state index contributed by atoms with van der Waals surface area (Å²) in [6, 6.07) is 30.2. The second kappa shape index (κ2) is 11.1. The largest absolute Gasteiger partial charge is 0.489 e. The van der Waals surface area contributed by atoms with Crippen molar-refractivity contribution in [3.05, 3.63) is 126 Å². The fourth-order valence-corrected chi connectivity index (χ4v) is 4.00. The van der Waals surface area contributed by atoms with Gasteiger partial charge in [-0.25, -0.2) is 0 Å². The van der Waals surface area contributed by atoms with Crippen LogP contribution in [0.4, 0.5) is 5.69 Å². The molecule has 1 atom stereocenters. The standard InChI is InChI=1S/C29H28N2O2/c1-2-26(27-15-6-7-16-28(27)33-21-22-10-4-3-5-11-22)24-13-8-14-25(19-24)31-29(32)18-23-12-9-17-30-20-23/h3-17,19-20,26H,2,18,21H2,1H3,(H,31,32). The van der Waals surface area contributed by atoms with Crippen molar-refractivity contribution < 1.29 is 9.53 Å². The van der Waals surface area contributed by atoms with Gasteiger partial charge in [0.2, 0.25) is 5.91 Å². The number of carbonyl (C=O) groups excluding carboxylic acids is 1. The van der Waals surface area contributed by atoms with Crippen molar-refractivity contribution in [1.82, 2.24) is 4.98 Å². The first-order valence-electron chi connectivity index (χ1n) is 11.3. The van der Waals surface area contributed by atoms with Gasteiger partial charge in [-0.3, -0.25) is 9.78 Å². The lowest BCUT2D eigenvalue weighted by molar-refractivity contribution is -0.115. The molecule has 0 saturated heterocycles. The molecule has 1 amide bonds. The number of nitrogens with zero attached hydrogens (tertiary/aromatic N) is 1. The van der Waals surface area contributed by atoms with Crippen LogP contribution in [0.1, 0.15) is 41.5 Å². The quantitative estimate of drug-likeness (QED) is 0.331. The molecular weight excluding hydrogens is 408 g/mol. The molecule has 0 fully saturated rings. The summed E-state index contributed by atoms with van der Waals surface area (Å²) in [5, 5.41) is 3.02. The Morgan fingerprint density at radius 3 is 2.48 bits per heavy atom. The van der Waals surface area contributed by atoms with E-state index in [1.54, 1.807) is 12.4 Å². The molecule has 3 aromatic carbocycles. The normalized spacial score (nSPS) is 11.5. The van der Waals surface area contributed by atoms with E-state index in [-0.39, 0.29) is 11.8 Å². The van der Waals surface area contributed by atoms with Crippen LogP contribution in [0.2, 0.25) is 0 Å². The van der Waals surface area contributed by atoms with Crippen LogP contribution in [0.15, 0.2) is 103 Å². The van der Waals surface area contributed by atoms with Gasteiger partial charge in [0.15, 0.2) is 0 Å². The second-order valence-corrected chi connectivity index (χ2v) is 7.98. The molecule has 0 aliphatic carbocycles. The number of hydrogen-bond acceptors (Lipinski definition) is 3.